The third-order valence-corrected chi connectivity index (χ3v) is 9.03. The van der Waals surface area contributed by atoms with Crippen LogP contribution in [0.1, 0.15) is 99.1 Å². The molecule has 0 heterocycles. The van der Waals surface area contributed by atoms with Crippen molar-refractivity contribution in [1.82, 2.24) is 15.5 Å². The van der Waals surface area contributed by atoms with E-state index in [0.29, 0.717) is 36.1 Å². The lowest BCUT2D eigenvalue weighted by Gasteiger charge is -2.36. The minimum absolute atomic E-state index is 0.0121. The number of carbonyl (C=O) groups excluding carboxylic acids is 4. The fourth-order valence-corrected chi connectivity index (χ4v) is 6.22. The number of aryl methyl sites for hydroxylation is 1. The number of alkyl halides is 2. The number of aliphatic hydroxyl groups excluding tert-OH is 1. The van der Waals surface area contributed by atoms with Crippen LogP contribution < -0.4 is 16.4 Å². The van der Waals surface area contributed by atoms with Gasteiger partial charge in [-0.3, -0.25) is 19.3 Å². The van der Waals surface area contributed by atoms with Gasteiger partial charge in [-0.1, -0.05) is 102 Å². The molecule has 5 N–H and O–H groups in total. The minimum Gasteiger partial charge on any atom is -0.444 e. The second-order valence-corrected chi connectivity index (χ2v) is 16.6. The number of rotatable bonds is 20. The van der Waals surface area contributed by atoms with Crippen molar-refractivity contribution in [2.45, 2.75) is 137 Å². The number of carbonyl (C=O) groups is 4. The molecule has 2 rings (SSSR count). The Bertz CT molecular complexity index is 1470. The highest BCUT2D eigenvalue weighted by Gasteiger charge is 2.49. The Balaban J connectivity index is 2.43. The average Bonchev–Trinajstić information content (AvgIpc) is 3.08. The zero-order chi connectivity index (χ0) is 40.8. The molecule has 0 fully saturated rings. The zero-order valence-electron chi connectivity index (χ0n) is 33.6. The molecule has 2 aromatic carbocycles. The van der Waals surface area contributed by atoms with Gasteiger partial charge < -0.3 is 26.2 Å². The summed E-state index contributed by atoms with van der Waals surface area (Å²) >= 11 is 0. The first-order chi connectivity index (χ1) is 25.1. The summed E-state index contributed by atoms with van der Waals surface area (Å²) in [5.41, 5.74) is 7.08. The summed E-state index contributed by atoms with van der Waals surface area (Å²) in [6.45, 7) is 14.2. The van der Waals surface area contributed by atoms with E-state index in [-0.39, 0.29) is 24.7 Å². The summed E-state index contributed by atoms with van der Waals surface area (Å²) in [5, 5.41) is 16.5. The number of alkyl carbamates (subject to hydrolysis) is 1. The maximum atomic E-state index is 16.5. The van der Waals surface area contributed by atoms with Crippen molar-refractivity contribution in [3.63, 3.8) is 0 Å². The predicted octanol–water partition coefficient (Wildman–Crippen LogP) is 6.67. The van der Waals surface area contributed by atoms with E-state index in [9.17, 15) is 24.3 Å². The molecule has 3 unspecified atom stereocenters. The molecule has 2 aromatic rings. The van der Waals surface area contributed by atoms with E-state index < -0.39 is 77.9 Å². The Kier molecular flexibility index (Phi) is 18.2. The van der Waals surface area contributed by atoms with Crippen LogP contribution in [0.5, 0.6) is 0 Å². The summed E-state index contributed by atoms with van der Waals surface area (Å²) in [6, 6.07) is 14.5. The summed E-state index contributed by atoms with van der Waals surface area (Å²) in [5.74, 6) is -8.02. The molecular weight excluding hydrogens is 694 g/mol. The van der Waals surface area contributed by atoms with Gasteiger partial charge in [-0.15, -0.1) is 0 Å². The topological polar surface area (TPSA) is 151 Å². The highest BCUT2D eigenvalue weighted by Crippen LogP contribution is 2.29. The molecule has 0 aromatic heterocycles. The van der Waals surface area contributed by atoms with Crippen LogP contribution in [0, 0.1) is 23.7 Å². The Morgan fingerprint density at radius 3 is 1.85 bits per heavy atom. The van der Waals surface area contributed by atoms with Gasteiger partial charge in [0.05, 0.1) is 18.6 Å². The molecular formula is C42H64F2N4O6. The number of nitrogens with two attached hydrogens (primary N) is 1. The lowest BCUT2D eigenvalue weighted by atomic mass is 9.89. The third kappa shape index (κ3) is 15.8. The van der Waals surface area contributed by atoms with Crippen LogP contribution in [0.25, 0.3) is 0 Å². The molecule has 0 bridgehead atoms. The second-order valence-electron chi connectivity index (χ2n) is 16.6. The summed E-state index contributed by atoms with van der Waals surface area (Å²) < 4.78 is 38.3. The number of ether oxygens (including phenoxy) is 1. The van der Waals surface area contributed by atoms with Gasteiger partial charge in [0, 0.05) is 12.3 Å². The van der Waals surface area contributed by atoms with Crippen LogP contribution >= 0.6 is 0 Å². The van der Waals surface area contributed by atoms with E-state index in [0.717, 1.165) is 5.56 Å². The van der Waals surface area contributed by atoms with Crippen molar-refractivity contribution >= 4 is 23.8 Å². The van der Waals surface area contributed by atoms with Gasteiger partial charge in [0.25, 0.3) is 5.92 Å². The second kappa shape index (κ2) is 21.3. The number of halogens is 2. The Morgan fingerprint density at radius 2 is 1.35 bits per heavy atom. The van der Waals surface area contributed by atoms with Gasteiger partial charge >= 0.3 is 6.09 Å². The average molecular weight is 759 g/mol. The summed E-state index contributed by atoms with van der Waals surface area (Å²) in [4.78, 5) is 55.0. The van der Waals surface area contributed by atoms with Gasteiger partial charge in [-0.2, -0.15) is 0 Å². The van der Waals surface area contributed by atoms with E-state index in [1.807, 2.05) is 44.2 Å². The van der Waals surface area contributed by atoms with Crippen molar-refractivity contribution < 1.29 is 37.8 Å². The molecule has 0 spiro atoms. The van der Waals surface area contributed by atoms with E-state index >= 15 is 8.78 Å². The SMILES string of the molecule is CC(C)CC(CCCc1ccccc1)C(=O)N(CC(F)(F)C(O)C(CC(C)C)NC(=O)[C@H](Cc1ccccc1)NC(=O)OC(C)(C)C)C(=O)[C@@H](N)C(C)C. The van der Waals surface area contributed by atoms with E-state index in [4.69, 9.17) is 10.5 Å². The summed E-state index contributed by atoms with van der Waals surface area (Å²) in [7, 11) is 0. The first-order valence-electron chi connectivity index (χ1n) is 19.2. The Morgan fingerprint density at radius 1 is 0.815 bits per heavy atom. The van der Waals surface area contributed by atoms with Crippen LogP contribution in [0.4, 0.5) is 13.6 Å². The molecule has 5 atom stereocenters. The molecule has 0 aliphatic rings. The molecule has 0 radical (unpaired) electrons. The Hall–Kier alpha value is -3.90. The molecule has 302 valence electrons. The van der Waals surface area contributed by atoms with Crippen LogP contribution in [0.15, 0.2) is 60.7 Å². The van der Waals surface area contributed by atoms with E-state index in [1.165, 1.54) is 0 Å². The third-order valence-electron chi connectivity index (χ3n) is 9.03. The van der Waals surface area contributed by atoms with Crippen molar-refractivity contribution in [2.75, 3.05) is 6.54 Å². The highest BCUT2D eigenvalue weighted by molar-refractivity contribution is 5.99. The smallest absolute Gasteiger partial charge is 0.408 e. The van der Waals surface area contributed by atoms with Crippen molar-refractivity contribution in [3.05, 3.63) is 71.8 Å². The van der Waals surface area contributed by atoms with Crippen LogP contribution in [0.3, 0.4) is 0 Å². The van der Waals surface area contributed by atoms with Gasteiger partial charge in [0.1, 0.15) is 17.7 Å². The molecule has 10 nitrogen and oxygen atoms in total. The number of amides is 4. The number of aliphatic hydroxyl groups is 1. The monoisotopic (exact) mass is 758 g/mol. The van der Waals surface area contributed by atoms with Crippen LogP contribution in [-0.2, 0) is 32.0 Å². The standard InChI is InChI=1S/C42H64F2N4O6/c1-27(2)23-32(22-16-21-30-17-12-10-13-18-30)38(51)48(39(52)35(45)29(5)6)26-42(43,44)36(49)33(24-28(3)4)46-37(50)34(25-31-19-14-11-15-20-31)47-40(53)54-41(7,8)9/h10-15,17-20,27-29,32-36,49H,16,21-26,45H2,1-9H3,(H,46,50)(H,47,53)/t32?,33?,34-,35-,36?/m0/s1. The molecule has 0 aliphatic carbocycles. The number of nitrogens with one attached hydrogen (secondary N) is 2. The minimum atomic E-state index is -4.06. The number of imide groups is 1. The molecule has 12 heteroatoms. The van der Waals surface area contributed by atoms with Crippen molar-refractivity contribution in [2.24, 2.45) is 29.4 Å². The molecule has 0 saturated heterocycles. The van der Waals surface area contributed by atoms with E-state index in [1.54, 1.807) is 78.8 Å². The van der Waals surface area contributed by atoms with Crippen molar-refractivity contribution in [1.29, 1.82) is 0 Å². The normalized spacial score (nSPS) is 15.0. The maximum Gasteiger partial charge on any atom is 0.408 e. The molecule has 54 heavy (non-hydrogen) atoms. The van der Waals surface area contributed by atoms with Crippen molar-refractivity contribution in [3.8, 4) is 0 Å². The van der Waals surface area contributed by atoms with Gasteiger partial charge in [0.2, 0.25) is 17.7 Å². The summed E-state index contributed by atoms with van der Waals surface area (Å²) in [6.07, 6.45) is -1.46. The highest BCUT2D eigenvalue weighted by atomic mass is 19.3. The van der Waals surface area contributed by atoms with Crippen LogP contribution in [-0.4, -0.2) is 76.1 Å². The lowest BCUT2D eigenvalue weighted by Crippen LogP contribution is -2.61. The Labute approximate surface area is 321 Å². The lowest BCUT2D eigenvalue weighted by molar-refractivity contribution is -0.168. The first kappa shape index (κ1) is 46.3. The molecule has 4 amide bonds. The number of hydrogen-bond acceptors (Lipinski definition) is 7. The predicted molar refractivity (Wildman–Crippen MR) is 208 cm³/mol. The quantitative estimate of drug-likeness (QED) is 0.118. The van der Waals surface area contributed by atoms with Gasteiger partial charge in [-0.25, -0.2) is 13.6 Å². The number of benzene rings is 2. The number of nitrogens with zero attached hydrogens (tertiary/aromatic N) is 1. The van der Waals surface area contributed by atoms with Gasteiger partial charge in [0.15, 0.2) is 0 Å². The fourth-order valence-electron chi connectivity index (χ4n) is 6.22. The molecule has 0 saturated carbocycles. The van der Waals surface area contributed by atoms with E-state index in [2.05, 4.69) is 10.6 Å². The van der Waals surface area contributed by atoms with Crippen LogP contribution in [0.2, 0.25) is 0 Å². The maximum absolute atomic E-state index is 16.5. The largest absolute Gasteiger partial charge is 0.444 e. The van der Waals surface area contributed by atoms with Gasteiger partial charge in [-0.05, 0) is 81.8 Å². The molecule has 0 aliphatic heterocycles. The number of hydrogen-bond donors (Lipinski definition) is 4. The fraction of sp³-hybridized carbons (Fsp3) is 0.619. The first-order valence-corrected chi connectivity index (χ1v) is 19.2. The zero-order valence-corrected chi connectivity index (χ0v) is 33.6.